The fourth-order valence-electron chi connectivity index (χ4n) is 2.87. The number of nitro groups is 1. The first kappa shape index (κ1) is 21.8. The molecule has 0 aliphatic heterocycles. The smallest absolute Gasteiger partial charge is 0.416 e. The monoisotopic (exact) mass is 434 g/mol. The summed E-state index contributed by atoms with van der Waals surface area (Å²) in [5.41, 5.74) is 0.450. The maximum atomic E-state index is 13.2. The van der Waals surface area contributed by atoms with E-state index in [1.807, 2.05) is 0 Å². The maximum Gasteiger partial charge on any atom is 0.416 e. The van der Waals surface area contributed by atoms with Crippen LogP contribution >= 0.6 is 0 Å². The van der Waals surface area contributed by atoms with Gasteiger partial charge in [-0.2, -0.15) is 18.3 Å². The van der Waals surface area contributed by atoms with E-state index in [0.717, 1.165) is 12.1 Å². The van der Waals surface area contributed by atoms with Gasteiger partial charge in [-0.3, -0.25) is 14.9 Å². The number of hydrogen-bond donors (Lipinski definition) is 1. The molecule has 3 aromatic rings. The van der Waals surface area contributed by atoms with Crippen molar-refractivity contribution in [1.29, 1.82) is 0 Å². The molecule has 31 heavy (non-hydrogen) atoms. The van der Waals surface area contributed by atoms with Crippen LogP contribution in [0.4, 0.5) is 24.5 Å². The zero-order valence-electron chi connectivity index (χ0n) is 16.4. The molecule has 1 heterocycles. The molecule has 0 spiro atoms. The molecule has 0 bridgehead atoms. The highest BCUT2D eigenvalue weighted by Crippen LogP contribution is 2.33. The second-order valence-electron chi connectivity index (χ2n) is 6.66. The van der Waals surface area contributed by atoms with Crippen LogP contribution in [-0.2, 0) is 11.0 Å². The van der Waals surface area contributed by atoms with E-state index in [1.54, 1.807) is 19.9 Å². The van der Waals surface area contributed by atoms with Crippen LogP contribution < -0.4 is 10.1 Å². The molecule has 162 valence electrons. The number of rotatable bonds is 6. The van der Waals surface area contributed by atoms with Crippen molar-refractivity contribution in [3.8, 4) is 11.4 Å². The van der Waals surface area contributed by atoms with Crippen molar-refractivity contribution >= 4 is 17.3 Å². The number of nitrogens with one attached hydrogen (secondary N) is 1. The summed E-state index contributed by atoms with van der Waals surface area (Å²) in [5.74, 6) is -0.510. The summed E-state index contributed by atoms with van der Waals surface area (Å²) >= 11 is 0. The molecule has 0 aliphatic rings. The molecule has 8 nitrogen and oxygen atoms in total. The standard InChI is InChI=1S/C20H17F3N4O4/c1-12-9-13(2)26(25-12)18-8-3-14(20(21,22)23)10-17(18)24-19(28)11-31-16-6-4-15(5-7-16)27(29)30/h3-10H,11H2,1-2H3,(H,24,28). The lowest BCUT2D eigenvalue weighted by Gasteiger charge is -2.16. The SMILES string of the molecule is Cc1cc(C)n(-c2ccc(C(F)(F)F)cc2NC(=O)COc2ccc([N+](=O)[O-])cc2)n1. The molecule has 2 aromatic carbocycles. The summed E-state index contributed by atoms with van der Waals surface area (Å²) < 4.78 is 46.2. The van der Waals surface area contributed by atoms with E-state index in [2.05, 4.69) is 10.4 Å². The van der Waals surface area contributed by atoms with Gasteiger partial charge in [0.25, 0.3) is 11.6 Å². The number of aryl methyl sites for hydroxylation is 2. The van der Waals surface area contributed by atoms with Gasteiger partial charge in [-0.25, -0.2) is 4.68 Å². The Labute approximate surface area is 174 Å². The fraction of sp³-hybridized carbons (Fsp3) is 0.200. The average molecular weight is 434 g/mol. The van der Waals surface area contributed by atoms with Crippen LogP contribution in [0.2, 0.25) is 0 Å². The number of aromatic nitrogens is 2. The number of anilines is 1. The van der Waals surface area contributed by atoms with Gasteiger partial charge in [0.05, 0.1) is 27.6 Å². The third kappa shape index (κ3) is 5.18. The lowest BCUT2D eigenvalue weighted by Crippen LogP contribution is -2.22. The predicted octanol–water partition coefficient (Wildman–Crippen LogP) is 4.43. The Kier molecular flexibility index (Phi) is 5.95. The molecule has 1 aromatic heterocycles. The first-order chi connectivity index (χ1) is 14.5. The highest BCUT2D eigenvalue weighted by molar-refractivity contribution is 5.94. The summed E-state index contributed by atoms with van der Waals surface area (Å²) in [6.07, 6.45) is -4.59. The minimum absolute atomic E-state index is 0.0849. The Bertz CT molecular complexity index is 1120. The number of carbonyl (C=O) groups is 1. The molecule has 0 unspecified atom stereocenters. The number of nitrogens with zero attached hydrogens (tertiary/aromatic N) is 3. The third-order valence-corrected chi connectivity index (χ3v) is 4.25. The van der Waals surface area contributed by atoms with Crippen molar-refractivity contribution in [2.45, 2.75) is 20.0 Å². The zero-order valence-corrected chi connectivity index (χ0v) is 16.4. The van der Waals surface area contributed by atoms with Crippen molar-refractivity contribution < 1.29 is 27.6 Å². The Morgan fingerprint density at radius 2 is 1.84 bits per heavy atom. The third-order valence-electron chi connectivity index (χ3n) is 4.25. The van der Waals surface area contributed by atoms with Crippen LogP contribution in [0, 0.1) is 24.0 Å². The fourth-order valence-corrected chi connectivity index (χ4v) is 2.87. The molecule has 0 saturated carbocycles. The normalized spacial score (nSPS) is 11.3. The van der Waals surface area contributed by atoms with Gasteiger partial charge < -0.3 is 10.1 Å². The van der Waals surface area contributed by atoms with Crippen LogP contribution in [0.25, 0.3) is 5.69 Å². The summed E-state index contributed by atoms with van der Waals surface area (Å²) in [6, 6.07) is 9.77. The van der Waals surface area contributed by atoms with E-state index in [9.17, 15) is 28.1 Å². The van der Waals surface area contributed by atoms with Crippen LogP contribution in [0.1, 0.15) is 17.0 Å². The van der Waals surface area contributed by atoms with Crippen molar-refractivity contribution in [2.24, 2.45) is 0 Å². The summed E-state index contributed by atoms with van der Waals surface area (Å²) in [5, 5.41) is 17.3. The number of nitro benzene ring substituents is 1. The number of amides is 1. The number of alkyl halides is 3. The highest BCUT2D eigenvalue weighted by atomic mass is 19.4. The van der Waals surface area contributed by atoms with Crippen molar-refractivity contribution in [1.82, 2.24) is 9.78 Å². The summed E-state index contributed by atoms with van der Waals surface area (Å²) in [7, 11) is 0. The summed E-state index contributed by atoms with van der Waals surface area (Å²) in [6.45, 7) is 2.97. The number of benzene rings is 2. The van der Waals surface area contributed by atoms with Crippen molar-refractivity contribution in [3.63, 3.8) is 0 Å². The molecule has 11 heteroatoms. The lowest BCUT2D eigenvalue weighted by molar-refractivity contribution is -0.384. The molecule has 0 saturated heterocycles. The molecule has 1 amide bonds. The Balaban J connectivity index is 1.81. The molecule has 0 aliphatic carbocycles. The molecule has 3 rings (SSSR count). The van der Waals surface area contributed by atoms with Gasteiger partial charge in [0.15, 0.2) is 6.61 Å². The van der Waals surface area contributed by atoms with Gasteiger partial charge in [-0.05, 0) is 50.2 Å². The molecule has 0 radical (unpaired) electrons. The van der Waals surface area contributed by atoms with Crippen molar-refractivity contribution in [2.75, 3.05) is 11.9 Å². The van der Waals surface area contributed by atoms with E-state index in [4.69, 9.17) is 4.74 Å². The van der Waals surface area contributed by atoms with Gasteiger partial charge >= 0.3 is 6.18 Å². The zero-order chi connectivity index (χ0) is 22.8. The van der Waals surface area contributed by atoms with E-state index in [-0.39, 0.29) is 22.8 Å². The minimum atomic E-state index is -4.59. The van der Waals surface area contributed by atoms with E-state index in [1.165, 1.54) is 35.0 Å². The average Bonchev–Trinajstić information content (AvgIpc) is 3.03. The van der Waals surface area contributed by atoms with Crippen LogP contribution in [-0.4, -0.2) is 27.2 Å². The topological polar surface area (TPSA) is 99.3 Å². The molecule has 0 fully saturated rings. The molecule has 0 atom stereocenters. The number of carbonyl (C=O) groups excluding carboxylic acids is 1. The second-order valence-corrected chi connectivity index (χ2v) is 6.66. The van der Waals surface area contributed by atoms with E-state index in [0.29, 0.717) is 11.4 Å². The maximum absolute atomic E-state index is 13.2. The van der Waals surface area contributed by atoms with E-state index < -0.39 is 29.2 Å². The summed E-state index contributed by atoms with van der Waals surface area (Å²) in [4.78, 5) is 22.4. The quantitative estimate of drug-likeness (QED) is 0.457. The van der Waals surface area contributed by atoms with Gasteiger partial charge in [0.2, 0.25) is 0 Å². The van der Waals surface area contributed by atoms with Crippen LogP contribution in [0.3, 0.4) is 0 Å². The minimum Gasteiger partial charge on any atom is -0.484 e. The molecule has 1 N–H and O–H groups in total. The Hall–Kier alpha value is -3.89. The first-order valence-corrected chi connectivity index (χ1v) is 8.96. The van der Waals surface area contributed by atoms with Crippen molar-refractivity contribution in [3.05, 3.63) is 75.6 Å². The Morgan fingerprint density at radius 1 is 1.16 bits per heavy atom. The van der Waals surface area contributed by atoms with Gasteiger partial charge in [-0.15, -0.1) is 0 Å². The lowest BCUT2D eigenvalue weighted by atomic mass is 10.1. The number of halogens is 3. The second kappa shape index (κ2) is 8.46. The number of ether oxygens (including phenoxy) is 1. The highest BCUT2D eigenvalue weighted by Gasteiger charge is 2.31. The number of non-ortho nitro benzene ring substituents is 1. The first-order valence-electron chi connectivity index (χ1n) is 8.96. The van der Waals surface area contributed by atoms with E-state index >= 15 is 0 Å². The predicted molar refractivity (Wildman–Crippen MR) is 105 cm³/mol. The molecular weight excluding hydrogens is 417 g/mol. The molecular formula is C20H17F3N4O4. The van der Waals surface area contributed by atoms with Crippen LogP contribution in [0.15, 0.2) is 48.5 Å². The van der Waals surface area contributed by atoms with Gasteiger partial charge in [0.1, 0.15) is 5.75 Å². The van der Waals surface area contributed by atoms with Gasteiger partial charge in [-0.1, -0.05) is 0 Å². The van der Waals surface area contributed by atoms with Crippen LogP contribution in [0.5, 0.6) is 5.75 Å². The Morgan fingerprint density at radius 3 is 2.39 bits per heavy atom. The number of hydrogen-bond acceptors (Lipinski definition) is 5. The largest absolute Gasteiger partial charge is 0.484 e. The van der Waals surface area contributed by atoms with Gasteiger partial charge in [0, 0.05) is 17.8 Å².